The summed E-state index contributed by atoms with van der Waals surface area (Å²) in [7, 11) is 3.16. The normalized spacial score (nSPS) is 14.3. The molecule has 0 aliphatic carbocycles. The van der Waals surface area contributed by atoms with Gasteiger partial charge in [-0.05, 0) is 31.0 Å². The molecular weight excluding hydrogens is 330 g/mol. The van der Waals surface area contributed by atoms with Gasteiger partial charge in [0.15, 0.2) is 11.5 Å². The van der Waals surface area contributed by atoms with Gasteiger partial charge in [-0.25, -0.2) is 4.98 Å². The topological polar surface area (TPSA) is 67.5 Å². The number of nitrogens with zero attached hydrogens (tertiary/aromatic N) is 2. The molecule has 3 rings (SSSR count). The number of aromatic amines is 1. The maximum Gasteiger partial charge on any atom is 0.254 e. The van der Waals surface area contributed by atoms with Crippen molar-refractivity contribution in [3.8, 4) is 11.5 Å². The van der Waals surface area contributed by atoms with Crippen molar-refractivity contribution in [1.82, 2.24) is 14.9 Å². The summed E-state index contributed by atoms with van der Waals surface area (Å²) >= 11 is 6.27. The van der Waals surface area contributed by atoms with E-state index in [4.69, 9.17) is 21.1 Å². The molecule has 0 radical (unpaired) electrons. The molecule has 6 nitrogen and oxygen atoms in total. The smallest absolute Gasteiger partial charge is 0.254 e. The first-order chi connectivity index (χ1) is 11.5. The van der Waals surface area contributed by atoms with Crippen molar-refractivity contribution in [3.05, 3.63) is 50.2 Å². The van der Waals surface area contributed by atoms with Crippen molar-refractivity contribution in [3.63, 3.8) is 0 Å². The van der Waals surface area contributed by atoms with Gasteiger partial charge in [0.25, 0.3) is 5.56 Å². The molecule has 0 saturated heterocycles. The maximum absolute atomic E-state index is 12.0. The minimum absolute atomic E-state index is 0.0219. The minimum Gasteiger partial charge on any atom is -0.493 e. The molecule has 128 valence electrons. The molecule has 2 aromatic rings. The Morgan fingerprint density at radius 1 is 1.33 bits per heavy atom. The lowest BCUT2D eigenvalue weighted by atomic mass is 10.1. The number of fused-ring (bicyclic) bond motifs is 1. The number of aryl methyl sites for hydroxylation is 1. The van der Waals surface area contributed by atoms with Gasteiger partial charge in [0.1, 0.15) is 5.82 Å². The van der Waals surface area contributed by atoms with E-state index in [9.17, 15) is 4.79 Å². The zero-order chi connectivity index (χ0) is 17.3. The Balaban J connectivity index is 1.83. The van der Waals surface area contributed by atoms with Crippen LogP contribution in [0, 0.1) is 6.92 Å². The molecule has 0 spiro atoms. The van der Waals surface area contributed by atoms with Crippen LogP contribution in [0.5, 0.6) is 11.5 Å². The standard InChI is InChI=1S/C17H20ClN3O3/c1-10-19-14-9-21(5-4-12(14)17(22)20-10)8-11-6-13(18)16(24-3)15(7-11)23-2/h6-7H,4-5,8-9H2,1-3H3,(H,19,20,22). The second kappa shape index (κ2) is 6.83. The number of methoxy groups -OCH3 is 2. The Kier molecular flexibility index (Phi) is 4.78. The van der Waals surface area contributed by atoms with Gasteiger partial charge in [0, 0.05) is 25.2 Å². The van der Waals surface area contributed by atoms with Gasteiger partial charge in [-0.1, -0.05) is 11.6 Å². The number of H-pyrrole nitrogens is 1. The van der Waals surface area contributed by atoms with Crippen LogP contribution in [-0.2, 0) is 19.5 Å². The van der Waals surface area contributed by atoms with E-state index in [1.54, 1.807) is 21.1 Å². The lowest BCUT2D eigenvalue weighted by molar-refractivity contribution is 0.239. The van der Waals surface area contributed by atoms with Crippen molar-refractivity contribution in [2.75, 3.05) is 20.8 Å². The molecule has 0 amide bonds. The molecule has 1 aliphatic heterocycles. The summed E-state index contributed by atoms with van der Waals surface area (Å²) in [5.74, 6) is 1.80. The summed E-state index contributed by atoms with van der Waals surface area (Å²) in [5, 5.41) is 0.523. The Morgan fingerprint density at radius 3 is 2.83 bits per heavy atom. The predicted molar refractivity (Wildman–Crippen MR) is 92.0 cm³/mol. The van der Waals surface area contributed by atoms with E-state index in [0.29, 0.717) is 41.9 Å². The van der Waals surface area contributed by atoms with Crippen LogP contribution in [0.15, 0.2) is 16.9 Å². The van der Waals surface area contributed by atoms with Crippen molar-refractivity contribution in [1.29, 1.82) is 0 Å². The zero-order valence-electron chi connectivity index (χ0n) is 14.0. The molecule has 1 N–H and O–H groups in total. The van der Waals surface area contributed by atoms with Gasteiger partial charge < -0.3 is 14.5 Å². The molecule has 0 atom stereocenters. The van der Waals surface area contributed by atoms with Crippen molar-refractivity contribution in [2.45, 2.75) is 26.4 Å². The van der Waals surface area contributed by atoms with E-state index in [1.807, 2.05) is 12.1 Å². The first-order valence-corrected chi connectivity index (χ1v) is 8.11. The first kappa shape index (κ1) is 16.8. The Morgan fingerprint density at radius 2 is 2.12 bits per heavy atom. The third kappa shape index (κ3) is 3.25. The minimum atomic E-state index is -0.0219. The second-order valence-corrected chi connectivity index (χ2v) is 6.26. The van der Waals surface area contributed by atoms with Gasteiger partial charge in [-0.2, -0.15) is 0 Å². The molecule has 24 heavy (non-hydrogen) atoms. The van der Waals surface area contributed by atoms with Gasteiger partial charge in [-0.3, -0.25) is 9.69 Å². The van der Waals surface area contributed by atoms with Gasteiger partial charge in [0.2, 0.25) is 0 Å². The van der Waals surface area contributed by atoms with Crippen LogP contribution in [0.1, 0.15) is 22.6 Å². The van der Waals surface area contributed by atoms with Crippen LogP contribution in [0.3, 0.4) is 0 Å². The number of benzene rings is 1. The van der Waals surface area contributed by atoms with E-state index >= 15 is 0 Å². The number of nitrogens with one attached hydrogen (secondary N) is 1. The first-order valence-electron chi connectivity index (χ1n) is 7.73. The molecule has 2 heterocycles. The maximum atomic E-state index is 12.0. The summed E-state index contributed by atoms with van der Waals surface area (Å²) in [4.78, 5) is 21.5. The van der Waals surface area contributed by atoms with E-state index in [1.165, 1.54) is 0 Å². The highest BCUT2D eigenvalue weighted by Gasteiger charge is 2.21. The fourth-order valence-corrected chi connectivity index (χ4v) is 3.38. The Labute approximate surface area is 145 Å². The van der Waals surface area contributed by atoms with Crippen molar-refractivity contribution < 1.29 is 9.47 Å². The average molecular weight is 350 g/mol. The Hall–Kier alpha value is -2.05. The third-order valence-corrected chi connectivity index (χ3v) is 4.45. The third-order valence-electron chi connectivity index (χ3n) is 4.17. The number of ether oxygens (including phenoxy) is 2. The number of hydrogen-bond acceptors (Lipinski definition) is 5. The number of aromatic nitrogens is 2. The molecule has 0 bridgehead atoms. The lowest BCUT2D eigenvalue weighted by Gasteiger charge is -2.28. The van der Waals surface area contributed by atoms with Crippen molar-refractivity contribution in [2.24, 2.45) is 0 Å². The quantitative estimate of drug-likeness (QED) is 0.917. The van der Waals surface area contributed by atoms with Gasteiger partial charge in [-0.15, -0.1) is 0 Å². The molecular formula is C17H20ClN3O3. The van der Waals surface area contributed by atoms with Crippen LogP contribution >= 0.6 is 11.6 Å². The molecule has 1 aromatic carbocycles. The van der Waals surface area contributed by atoms with Crippen LogP contribution < -0.4 is 15.0 Å². The van der Waals surface area contributed by atoms with Gasteiger partial charge >= 0.3 is 0 Å². The SMILES string of the molecule is COc1cc(CN2CCc3c(nc(C)[nH]c3=O)C2)cc(Cl)c1OC. The molecule has 0 saturated carbocycles. The summed E-state index contributed by atoms with van der Waals surface area (Å²) < 4.78 is 10.6. The number of rotatable bonds is 4. The highest BCUT2D eigenvalue weighted by Crippen LogP contribution is 2.36. The molecule has 0 fully saturated rings. The predicted octanol–water partition coefficient (Wildman–Crippen LogP) is 2.31. The number of hydrogen-bond donors (Lipinski definition) is 1. The van der Waals surface area contributed by atoms with Crippen LogP contribution in [0.25, 0.3) is 0 Å². The number of halogens is 1. The summed E-state index contributed by atoms with van der Waals surface area (Å²) in [5.41, 5.74) is 2.66. The monoisotopic (exact) mass is 349 g/mol. The van der Waals surface area contributed by atoms with E-state index < -0.39 is 0 Å². The van der Waals surface area contributed by atoms with Crippen LogP contribution in [0.4, 0.5) is 0 Å². The van der Waals surface area contributed by atoms with Crippen LogP contribution in [-0.4, -0.2) is 35.6 Å². The van der Waals surface area contributed by atoms with E-state index in [0.717, 1.165) is 23.4 Å². The molecule has 0 unspecified atom stereocenters. The van der Waals surface area contributed by atoms with E-state index in [2.05, 4.69) is 14.9 Å². The molecule has 1 aliphatic rings. The largest absolute Gasteiger partial charge is 0.493 e. The van der Waals surface area contributed by atoms with E-state index in [-0.39, 0.29) is 5.56 Å². The summed E-state index contributed by atoms with van der Waals surface area (Å²) in [6.07, 6.45) is 0.693. The second-order valence-electron chi connectivity index (χ2n) is 5.85. The fourth-order valence-electron chi connectivity index (χ4n) is 3.07. The molecule has 7 heteroatoms. The molecule has 1 aromatic heterocycles. The van der Waals surface area contributed by atoms with Gasteiger partial charge in [0.05, 0.1) is 24.9 Å². The lowest BCUT2D eigenvalue weighted by Crippen LogP contribution is -2.35. The van der Waals surface area contributed by atoms with Crippen LogP contribution in [0.2, 0.25) is 5.02 Å². The average Bonchev–Trinajstić information content (AvgIpc) is 2.53. The zero-order valence-corrected chi connectivity index (χ0v) is 14.7. The summed E-state index contributed by atoms with van der Waals surface area (Å²) in [6, 6.07) is 3.81. The fraction of sp³-hybridized carbons (Fsp3) is 0.412. The summed E-state index contributed by atoms with van der Waals surface area (Å²) in [6.45, 7) is 3.95. The highest BCUT2D eigenvalue weighted by molar-refractivity contribution is 6.32. The van der Waals surface area contributed by atoms with Crippen molar-refractivity contribution >= 4 is 11.6 Å². The Bertz CT molecular complexity index is 819. The highest BCUT2D eigenvalue weighted by atomic mass is 35.5.